The lowest BCUT2D eigenvalue weighted by Gasteiger charge is -2.35. The average Bonchev–Trinajstić information content (AvgIpc) is 3.13. The molecule has 0 bridgehead atoms. The second kappa shape index (κ2) is 7.60. The minimum atomic E-state index is 0.872. The third-order valence-electron chi connectivity index (χ3n) is 4.96. The van der Waals surface area contributed by atoms with E-state index >= 15 is 0 Å². The number of piperazine rings is 1. The zero-order valence-corrected chi connectivity index (χ0v) is 16.1. The molecule has 0 N–H and O–H groups in total. The summed E-state index contributed by atoms with van der Waals surface area (Å²) < 4.78 is 5.29. The molecule has 1 aliphatic rings. The van der Waals surface area contributed by atoms with Gasteiger partial charge in [-0.3, -0.25) is 4.90 Å². The Morgan fingerprint density at radius 1 is 1.08 bits per heavy atom. The second-order valence-electron chi connectivity index (χ2n) is 6.58. The first-order valence-electron chi connectivity index (χ1n) is 9.14. The topological polar surface area (TPSA) is 41.5 Å². The molecule has 1 fully saturated rings. The quantitative estimate of drug-likeness (QED) is 0.683. The van der Waals surface area contributed by atoms with Crippen LogP contribution >= 0.6 is 11.3 Å². The zero-order valence-electron chi connectivity index (χ0n) is 15.3. The summed E-state index contributed by atoms with van der Waals surface area (Å²) in [5, 5.41) is 3.37. The van der Waals surface area contributed by atoms with E-state index in [1.807, 2.05) is 12.1 Å². The zero-order chi connectivity index (χ0) is 17.9. The fourth-order valence-corrected chi connectivity index (χ4v) is 4.49. The third kappa shape index (κ3) is 3.27. The van der Waals surface area contributed by atoms with Crippen LogP contribution in [0.1, 0.15) is 13.3 Å². The van der Waals surface area contributed by atoms with Gasteiger partial charge in [0.15, 0.2) is 0 Å². The van der Waals surface area contributed by atoms with Crippen LogP contribution in [0.15, 0.2) is 36.0 Å². The molecule has 1 aliphatic heterocycles. The van der Waals surface area contributed by atoms with E-state index in [1.54, 1.807) is 24.8 Å². The Labute approximate surface area is 158 Å². The summed E-state index contributed by atoms with van der Waals surface area (Å²) in [5.74, 6) is 1.94. The predicted molar refractivity (Wildman–Crippen MR) is 108 cm³/mol. The molecule has 4 rings (SSSR count). The van der Waals surface area contributed by atoms with Gasteiger partial charge in [0.05, 0.1) is 12.5 Å². The van der Waals surface area contributed by atoms with Crippen LogP contribution in [0.4, 0.5) is 5.82 Å². The number of ether oxygens (including phenoxy) is 1. The Balaban J connectivity index is 1.68. The van der Waals surface area contributed by atoms with E-state index in [-0.39, 0.29) is 0 Å². The van der Waals surface area contributed by atoms with Crippen molar-refractivity contribution < 1.29 is 4.74 Å². The molecule has 0 amide bonds. The maximum absolute atomic E-state index is 5.29. The highest BCUT2D eigenvalue weighted by Crippen LogP contribution is 2.38. The van der Waals surface area contributed by atoms with Gasteiger partial charge in [0.1, 0.15) is 22.7 Å². The monoisotopic (exact) mass is 368 g/mol. The van der Waals surface area contributed by atoms with E-state index in [0.717, 1.165) is 42.6 Å². The van der Waals surface area contributed by atoms with Gasteiger partial charge in [0.25, 0.3) is 0 Å². The molecular formula is C20H24N4OS. The summed E-state index contributed by atoms with van der Waals surface area (Å²) in [6, 6.07) is 8.23. The van der Waals surface area contributed by atoms with Crippen molar-refractivity contribution in [2.45, 2.75) is 13.3 Å². The first-order chi connectivity index (χ1) is 12.8. The molecule has 1 aromatic carbocycles. The molecule has 0 unspecified atom stereocenters. The molecule has 0 aliphatic carbocycles. The predicted octanol–water partition coefficient (Wildman–Crippen LogP) is 3.90. The van der Waals surface area contributed by atoms with Crippen LogP contribution in [0.5, 0.6) is 5.75 Å². The molecule has 6 heteroatoms. The van der Waals surface area contributed by atoms with Gasteiger partial charge in [-0.1, -0.05) is 19.1 Å². The average molecular weight is 369 g/mol. The molecule has 5 nitrogen and oxygen atoms in total. The molecule has 3 heterocycles. The Hall–Kier alpha value is -2.18. The van der Waals surface area contributed by atoms with Gasteiger partial charge < -0.3 is 9.64 Å². The van der Waals surface area contributed by atoms with E-state index in [4.69, 9.17) is 4.74 Å². The number of thiophene rings is 1. The summed E-state index contributed by atoms with van der Waals surface area (Å²) in [5.41, 5.74) is 2.39. The van der Waals surface area contributed by atoms with E-state index in [0.29, 0.717) is 0 Å². The van der Waals surface area contributed by atoms with Crippen molar-refractivity contribution in [1.82, 2.24) is 14.9 Å². The lowest BCUT2D eigenvalue weighted by molar-refractivity contribution is 0.258. The normalized spacial score (nSPS) is 15.5. The molecule has 0 atom stereocenters. The van der Waals surface area contributed by atoms with Gasteiger partial charge in [0.2, 0.25) is 0 Å². The van der Waals surface area contributed by atoms with Gasteiger partial charge in [-0.05, 0) is 30.7 Å². The summed E-state index contributed by atoms with van der Waals surface area (Å²) >= 11 is 1.69. The number of anilines is 1. The van der Waals surface area contributed by atoms with Crippen molar-refractivity contribution in [3.05, 3.63) is 36.0 Å². The molecule has 0 saturated carbocycles. The number of fused-ring (bicyclic) bond motifs is 1. The van der Waals surface area contributed by atoms with Crippen LogP contribution in [-0.2, 0) is 0 Å². The van der Waals surface area contributed by atoms with Gasteiger partial charge in [-0.2, -0.15) is 0 Å². The minimum Gasteiger partial charge on any atom is -0.497 e. The number of hydrogen-bond acceptors (Lipinski definition) is 6. The first-order valence-corrected chi connectivity index (χ1v) is 10.0. The fraction of sp³-hybridized carbons (Fsp3) is 0.400. The van der Waals surface area contributed by atoms with Crippen molar-refractivity contribution in [3.63, 3.8) is 0 Å². The fourth-order valence-electron chi connectivity index (χ4n) is 3.58. The van der Waals surface area contributed by atoms with E-state index in [9.17, 15) is 0 Å². The van der Waals surface area contributed by atoms with Gasteiger partial charge in [0, 0.05) is 37.1 Å². The van der Waals surface area contributed by atoms with E-state index < -0.39 is 0 Å². The standard InChI is InChI=1S/C20H24N4OS/c1-3-8-23-9-11-24(12-10-23)19-18-17(13-26-20(18)22-14-21-19)15-4-6-16(25-2)7-5-15/h4-7,13-14H,3,8-12H2,1-2H3. The van der Waals surface area contributed by atoms with Crippen molar-refractivity contribution in [2.75, 3.05) is 44.7 Å². The summed E-state index contributed by atoms with van der Waals surface area (Å²) in [4.78, 5) is 15.2. The number of methoxy groups -OCH3 is 1. The number of aromatic nitrogens is 2. The molecule has 2 aromatic heterocycles. The van der Waals surface area contributed by atoms with Gasteiger partial charge in [-0.25, -0.2) is 9.97 Å². The van der Waals surface area contributed by atoms with Crippen LogP contribution in [0.3, 0.4) is 0 Å². The van der Waals surface area contributed by atoms with E-state index in [2.05, 4.69) is 44.2 Å². The highest BCUT2D eigenvalue weighted by molar-refractivity contribution is 7.17. The number of nitrogens with zero attached hydrogens (tertiary/aromatic N) is 4. The van der Waals surface area contributed by atoms with Crippen molar-refractivity contribution in [3.8, 4) is 16.9 Å². The minimum absolute atomic E-state index is 0.872. The van der Waals surface area contributed by atoms with Crippen molar-refractivity contribution in [2.24, 2.45) is 0 Å². The number of benzene rings is 1. The Bertz CT molecular complexity index is 869. The number of rotatable bonds is 5. The smallest absolute Gasteiger partial charge is 0.141 e. The highest BCUT2D eigenvalue weighted by Gasteiger charge is 2.22. The van der Waals surface area contributed by atoms with Crippen LogP contribution in [0.2, 0.25) is 0 Å². The van der Waals surface area contributed by atoms with E-state index in [1.165, 1.54) is 29.5 Å². The van der Waals surface area contributed by atoms with Crippen molar-refractivity contribution >= 4 is 27.4 Å². The third-order valence-corrected chi connectivity index (χ3v) is 5.85. The SMILES string of the molecule is CCCN1CCN(c2ncnc3scc(-c4ccc(OC)cc4)c23)CC1. The second-order valence-corrected chi connectivity index (χ2v) is 7.44. The Morgan fingerprint density at radius 3 is 2.54 bits per heavy atom. The van der Waals surface area contributed by atoms with Crippen LogP contribution in [-0.4, -0.2) is 54.7 Å². The maximum atomic E-state index is 5.29. The first kappa shape index (κ1) is 17.2. The largest absolute Gasteiger partial charge is 0.497 e. The highest BCUT2D eigenvalue weighted by atomic mass is 32.1. The lowest BCUT2D eigenvalue weighted by atomic mass is 10.1. The van der Waals surface area contributed by atoms with Crippen molar-refractivity contribution in [1.29, 1.82) is 0 Å². The summed E-state index contributed by atoms with van der Waals surface area (Å²) in [7, 11) is 1.69. The Kier molecular flexibility index (Phi) is 5.04. The molecule has 1 saturated heterocycles. The molecule has 136 valence electrons. The van der Waals surface area contributed by atoms with Crippen LogP contribution < -0.4 is 9.64 Å². The molecule has 26 heavy (non-hydrogen) atoms. The lowest BCUT2D eigenvalue weighted by Crippen LogP contribution is -2.46. The summed E-state index contributed by atoms with van der Waals surface area (Å²) in [6.07, 6.45) is 2.91. The van der Waals surface area contributed by atoms with Crippen LogP contribution in [0.25, 0.3) is 21.3 Å². The van der Waals surface area contributed by atoms with Gasteiger partial charge in [-0.15, -0.1) is 11.3 Å². The summed E-state index contributed by atoms with van der Waals surface area (Å²) in [6.45, 7) is 7.66. The molecule has 3 aromatic rings. The molecule has 0 radical (unpaired) electrons. The molecular weight excluding hydrogens is 344 g/mol. The maximum Gasteiger partial charge on any atom is 0.141 e. The van der Waals surface area contributed by atoms with Gasteiger partial charge >= 0.3 is 0 Å². The Morgan fingerprint density at radius 2 is 1.85 bits per heavy atom. The number of hydrogen-bond donors (Lipinski definition) is 0. The molecule has 0 spiro atoms. The van der Waals surface area contributed by atoms with Crippen LogP contribution in [0, 0.1) is 0 Å².